The van der Waals surface area contributed by atoms with Gasteiger partial charge in [0.15, 0.2) is 5.78 Å². The summed E-state index contributed by atoms with van der Waals surface area (Å²) in [5.74, 6) is 2.36. The molecule has 1 atom stereocenters. The molecular formula is C11H10BrClOS. The Balaban J connectivity index is 2.27. The molecule has 1 saturated heterocycles. The summed E-state index contributed by atoms with van der Waals surface area (Å²) in [7, 11) is 0. The summed E-state index contributed by atoms with van der Waals surface area (Å²) >= 11 is 11.2. The van der Waals surface area contributed by atoms with Crippen LogP contribution >= 0.6 is 39.3 Å². The third-order valence-corrected chi connectivity index (χ3v) is 4.48. The van der Waals surface area contributed by atoms with Crippen LogP contribution in [0.25, 0.3) is 0 Å². The summed E-state index contributed by atoms with van der Waals surface area (Å²) in [6.45, 7) is 0. The fourth-order valence-corrected chi connectivity index (χ4v) is 3.44. The fraction of sp³-hybridized carbons (Fsp3) is 0.364. The monoisotopic (exact) mass is 304 g/mol. The molecule has 1 aliphatic heterocycles. The van der Waals surface area contributed by atoms with E-state index in [1.807, 2.05) is 23.9 Å². The first-order chi connectivity index (χ1) is 7.18. The van der Waals surface area contributed by atoms with Gasteiger partial charge in [0, 0.05) is 21.7 Å². The second kappa shape index (κ2) is 4.89. The normalized spacial score (nSPS) is 20.5. The van der Waals surface area contributed by atoms with E-state index >= 15 is 0 Å². The van der Waals surface area contributed by atoms with E-state index in [1.54, 1.807) is 6.07 Å². The first kappa shape index (κ1) is 11.5. The number of hydrogen-bond acceptors (Lipinski definition) is 2. The summed E-state index contributed by atoms with van der Waals surface area (Å²) in [6, 6.07) is 5.43. The van der Waals surface area contributed by atoms with Gasteiger partial charge in [-0.3, -0.25) is 4.79 Å². The summed E-state index contributed by atoms with van der Waals surface area (Å²) in [5, 5.41) is 0.556. The predicted molar refractivity (Wildman–Crippen MR) is 68.9 cm³/mol. The van der Waals surface area contributed by atoms with Crippen molar-refractivity contribution in [3.63, 3.8) is 0 Å². The van der Waals surface area contributed by atoms with Crippen molar-refractivity contribution < 1.29 is 4.79 Å². The van der Waals surface area contributed by atoms with Crippen LogP contribution in [-0.4, -0.2) is 17.3 Å². The van der Waals surface area contributed by atoms with Crippen molar-refractivity contribution in [3.05, 3.63) is 33.3 Å². The van der Waals surface area contributed by atoms with Crippen LogP contribution < -0.4 is 0 Å². The molecule has 1 heterocycles. The largest absolute Gasteiger partial charge is 0.294 e. The number of benzene rings is 1. The minimum Gasteiger partial charge on any atom is -0.294 e. The second-order valence-corrected chi connectivity index (χ2v) is 6.02. The molecule has 1 aromatic carbocycles. The zero-order valence-electron chi connectivity index (χ0n) is 8.00. The molecule has 0 radical (unpaired) electrons. The van der Waals surface area contributed by atoms with Gasteiger partial charge in [-0.1, -0.05) is 27.5 Å². The Kier molecular flexibility index (Phi) is 3.75. The summed E-state index contributed by atoms with van der Waals surface area (Å²) in [4.78, 5) is 12.1. The molecule has 0 aliphatic carbocycles. The predicted octanol–water partition coefficient (Wildman–Crippen LogP) is 4.04. The minimum atomic E-state index is 0.154. The quantitative estimate of drug-likeness (QED) is 0.767. The third kappa shape index (κ3) is 2.58. The van der Waals surface area contributed by atoms with Gasteiger partial charge in [0.05, 0.1) is 5.02 Å². The van der Waals surface area contributed by atoms with Crippen LogP contribution in [0.3, 0.4) is 0 Å². The van der Waals surface area contributed by atoms with Crippen LogP contribution in [0.4, 0.5) is 0 Å². The summed E-state index contributed by atoms with van der Waals surface area (Å²) in [5.41, 5.74) is 0.651. The number of halogens is 2. The van der Waals surface area contributed by atoms with Gasteiger partial charge in [-0.15, -0.1) is 0 Å². The Morgan fingerprint density at radius 2 is 2.33 bits per heavy atom. The minimum absolute atomic E-state index is 0.154. The molecule has 0 spiro atoms. The topological polar surface area (TPSA) is 17.1 Å². The number of hydrogen-bond donors (Lipinski definition) is 0. The van der Waals surface area contributed by atoms with Crippen LogP contribution in [-0.2, 0) is 0 Å². The molecule has 0 aromatic heterocycles. The molecule has 1 aliphatic rings. The van der Waals surface area contributed by atoms with E-state index in [4.69, 9.17) is 11.6 Å². The van der Waals surface area contributed by atoms with Crippen molar-refractivity contribution >= 4 is 45.1 Å². The van der Waals surface area contributed by atoms with Crippen molar-refractivity contribution in [2.75, 3.05) is 11.5 Å². The highest BCUT2D eigenvalue weighted by Gasteiger charge is 2.25. The maximum atomic E-state index is 12.1. The zero-order valence-corrected chi connectivity index (χ0v) is 11.2. The van der Waals surface area contributed by atoms with E-state index in [9.17, 15) is 4.79 Å². The molecule has 1 unspecified atom stereocenters. The summed E-state index contributed by atoms with van der Waals surface area (Å²) < 4.78 is 0.904. The Hall–Kier alpha value is 0.01000. The number of rotatable bonds is 2. The van der Waals surface area contributed by atoms with E-state index in [1.165, 1.54) is 0 Å². The van der Waals surface area contributed by atoms with E-state index in [2.05, 4.69) is 15.9 Å². The molecule has 80 valence electrons. The Morgan fingerprint density at radius 1 is 1.53 bits per heavy atom. The Morgan fingerprint density at radius 3 is 3.00 bits per heavy atom. The van der Waals surface area contributed by atoms with Crippen LogP contribution in [0.5, 0.6) is 0 Å². The zero-order chi connectivity index (χ0) is 10.8. The molecular weight excluding hydrogens is 296 g/mol. The van der Waals surface area contributed by atoms with Gasteiger partial charge in [-0.05, 0) is 30.4 Å². The average Bonchev–Trinajstić information content (AvgIpc) is 2.74. The molecule has 0 amide bonds. The molecule has 4 heteroatoms. The van der Waals surface area contributed by atoms with Gasteiger partial charge >= 0.3 is 0 Å². The van der Waals surface area contributed by atoms with Crippen LogP contribution in [0, 0.1) is 5.92 Å². The van der Waals surface area contributed by atoms with Gasteiger partial charge in [-0.2, -0.15) is 11.8 Å². The van der Waals surface area contributed by atoms with Gasteiger partial charge in [0.1, 0.15) is 0 Å². The standard InChI is InChI=1S/C11H10BrClOS/c12-8-1-2-10(13)9(5-8)11(14)7-3-4-15-6-7/h1-2,5,7H,3-4,6H2. The lowest BCUT2D eigenvalue weighted by Gasteiger charge is -2.09. The van der Waals surface area contributed by atoms with Crippen molar-refractivity contribution in [1.29, 1.82) is 0 Å². The highest BCUT2D eigenvalue weighted by atomic mass is 79.9. The molecule has 0 N–H and O–H groups in total. The fourth-order valence-electron chi connectivity index (χ4n) is 1.65. The van der Waals surface area contributed by atoms with Crippen LogP contribution in [0.1, 0.15) is 16.8 Å². The van der Waals surface area contributed by atoms with Gasteiger partial charge in [-0.25, -0.2) is 0 Å². The molecule has 1 nitrogen and oxygen atoms in total. The van der Waals surface area contributed by atoms with Crippen molar-refractivity contribution in [2.24, 2.45) is 5.92 Å². The Labute approximate surface area is 107 Å². The van der Waals surface area contributed by atoms with E-state index < -0.39 is 0 Å². The maximum Gasteiger partial charge on any atom is 0.168 e. The highest BCUT2D eigenvalue weighted by molar-refractivity contribution is 9.10. The lowest BCUT2D eigenvalue weighted by molar-refractivity contribution is 0.0934. The number of carbonyl (C=O) groups excluding carboxylic acids is 1. The lowest BCUT2D eigenvalue weighted by Crippen LogP contribution is -2.14. The first-order valence-electron chi connectivity index (χ1n) is 4.75. The van der Waals surface area contributed by atoms with Crippen LogP contribution in [0.15, 0.2) is 22.7 Å². The van der Waals surface area contributed by atoms with E-state index in [0.29, 0.717) is 10.6 Å². The highest BCUT2D eigenvalue weighted by Crippen LogP contribution is 2.30. The van der Waals surface area contributed by atoms with Crippen molar-refractivity contribution in [1.82, 2.24) is 0 Å². The number of thioether (sulfide) groups is 1. The molecule has 2 rings (SSSR count). The van der Waals surface area contributed by atoms with Crippen molar-refractivity contribution in [2.45, 2.75) is 6.42 Å². The Bertz CT molecular complexity index is 388. The second-order valence-electron chi connectivity index (χ2n) is 3.55. The van der Waals surface area contributed by atoms with Gasteiger partial charge in [0.25, 0.3) is 0 Å². The summed E-state index contributed by atoms with van der Waals surface area (Å²) in [6.07, 6.45) is 0.979. The lowest BCUT2D eigenvalue weighted by atomic mass is 9.97. The van der Waals surface area contributed by atoms with E-state index in [0.717, 1.165) is 22.4 Å². The molecule has 0 bridgehead atoms. The number of ketones is 1. The number of carbonyl (C=O) groups is 1. The third-order valence-electron chi connectivity index (χ3n) is 2.49. The molecule has 1 aromatic rings. The van der Waals surface area contributed by atoms with E-state index in [-0.39, 0.29) is 11.7 Å². The molecule has 15 heavy (non-hydrogen) atoms. The molecule has 0 saturated carbocycles. The number of Topliss-reactive ketones (excluding diaryl/α,β-unsaturated/α-hetero) is 1. The van der Waals surface area contributed by atoms with Crippen molar-refractivity contribution in [3.8, 4) is 0 Å². The van der Waals surface area contributed by atoms with Gasteiger partial charge < -0.3 is 0 Å². The SMILES string of the molecule is O=C(c1cc(Br)ccc1Cl)C1CCSC1. The van der Waals surface area contributed by atoms with Crippen LogP contribution in [0.2, 0.25) is 5.02 Å². The average molecular weight is 306 g/mol. The maximum absolute atomic E-state index is 12.1. The molecule has 1 fully saturated rings. The first-order valence-corrected chi connectivity index (χ1v) is 7.08. The van der Waals surface area contributed by atoms with Gasteiger partial charge in [0.2, 0.25) is 0 Å². The smallest absolute Gasteiger partial charge is 0.168 e.